The summed E-state index contributed by atoms with van der Waals surface area (Å²) in [4.78, 5) is 6.63. The van der Waals surface area contributed by atoms with Gasteiger partial charge in [0.1, 0.15) is 0 Å². The van der Waals surface area contributed by atoms with E-state index < -0.39 is 11.7 Å². The summed E-state index contributed by atoms with van der Waals surface area (Å²) in [5.41, 5.74) is 1.36. The van der Waals surface area contributed by atoms with E-state index in [1.807, 2.05) is 18.2 Å². The van der Waals surface area contributed by atoms with Gasteiger partial charge in [-0.3, -0.25) is 4.90 Å². The Morgan fingerprint density at radius 2 is 1.93 bits per heavy atom. The normalized spacial score (nSPS) is 18.1. The Labute approximate surface area is 159 Å². The molecule has 148 valence electrons. The molecule has 2 aromatic heterocycles. The van der Waals surface area contributed by atoms with Crippen molar-refractivity contribution in [1.29, 1.82) is 0 Å². The van der Waals surface area contributed by atoms with Crippen molar-refractivity contribution in [2.24, 2.45) is 0 Å². The van der Waals surface area contributed by atoms with Crippen molar-refractivity contribution in [3.05, 3.63) is 53.7 Å². The molecule has 1 aliphatic rings. The average Bonchev–Trinajstić information content (AvgIpc) is 3.28. The van der Waals surface area contributed by atoms with Crippen LogP contribution >= 0.6 is 0 Å². The van der Waals surface area contributed by atoms with Crippen LogP contribution in [0.1, 0.15) is 24.1 Å². The van der Waals surface area contributed by atoms with Crippen molar-refractivity contribution >= 4 is 17.3 Å². The summed E-state index contributed by atoms with van der Waals surface area (Å²) in [6, 6.07) is 10.6. The van der Waals surface area contributed by atoms with Crippen molar-refractivity contribution in [3.63, 3.8) is 0 Å². The van der Waals surface area contributed by atoms with Gasteiger partial charge in [0, 0.05) is 18.3 Å². The zero-order chi connectivity index (χ0) is 19.7. The lowest BCUT2D eigenvalue weighted by molar-refractivity contribution is -0.137. The number of rotatable bonds is 5. The van der Waals surface area contributed by atoms with Crippen LogP contribution in [0.4, 0.5) is 24.8 Å². The Morgan fingerprint density at radius 3 is 2.64 bits per heavy atom. The van der Waals surface area contributed by atoms with E-state index in [9.17, 15) is 18.3 Å². The Morgan fingerprint density at radius 1 is 1.14 bits per heavy atom. The minimum atomic E-state index is -4.36. The summed E-state index contributed by atoms with van der Waals surface area (Å²) < 4.78 is 39.8. The third-order valence-electron chi connectivity index (χ3n) is 4.98. The quantitative estimate of drug-likeness (QED) is 0.698. The van der Waals surface area contributed by atoms with Gasteiger partial charge in [0.15, 0.2) is 5.65 Å². The summed E-state index contributed by atoms with van der Waals surface area (Å²) >= 11 is 0. The highest BCUT2D eigenvalue weighted by molar-refractivity contribution is 5.56. The van der Waals surface area contributed by atoms with Crippen LogP contribution in [-0.2, 0) is 12.7 Å². The lowest BCUT2D eigenvalue weighted by atomic mass is 10.2. The largest absolute Gasteiger partial charge is 0.416 e. The molecule has 1 unspecified atom stereocenters. The second-order valence-corrected chi connectivity index (χ2v) is 6.87. The lowest BCUT2D eigenvalue weighted by Gasteiger charge is -2.22. The van der Waals surface area contributed by atoms with Gasteiger partial charge in [-0.05, 0) is 55.8 Å². The first-order valence-electron chi connectivity index (χ1n) is 9.08. The van der Waals surface area contributed by atoms with Crippen LogP contribution in [-0.4, -0.2) is 43.8 Å². The highest BCUT2D eigenvalue weighted by Crippen LogP contribution is 2.30. The molecule has 0 radical (unpaired) electrons. The number of halogens is 3. The maximum absolute atomic E-state index is 12.7. The van der Waals surface area contributed by atoms with Gasteiger partial charge in [0.2, 0.25) is 5.95 Å². The molecule has 0 amide bonds. The van der Waals surface area contributed by atoms with Crippen LogP contribution in [0.15, 0.2) is 42.5 Å². The summed E-state index contributed by atoms with van der Waals surface area (Å²) in [6.45, 7) is 1.70. The number of benzene rings is 1. The lowest BCUT2D eigenvalue weighted by Crippen LogP contribution is -2.32. The van der Waals surface area contributed by atoms with E-state index in [0.717, 1.165) is 37.2 Å². The standard InChI is InChI=1S/C19H20F3N5O/c20-19(21,22)13-6-8-14(9-7-13)23-18-24-17-5-1-3-15(27(17)25-18)11-26-10-2-4-16(26)12-28/h1,3,5-9,16,28H,2,4,10-12H2,(H,23,25). The molecule has 28 heavy (non-hydrogen) atoms. The first-order valence-corrected chi connectivity index (χ1v) is 9.08. The third-order valence-corrected chi connectivity index (χ3v) is 4.98. The molecule has 0 spiro atoms. The van der Waals surface area contributed by atoms with Crippen LogP contribution in [0.3, 0.4) is 0 Å². The number of fused-ring (bicyclic) bond motifs is 1. The van der Waals surface area contributed by atoms with Crippen LogP contribution in [0.25, 0.3) is 5.65 Å². The number of aliphatic hydroxyl groups is 1. The summed E-state index contributed by atoms with van der Waals surface area (Å²) in [5.74, 6) is 0.312. The fraction of sp³-hybridized carbons (Fsp3) is 0.368. The Bertz CT molecular complexity index is 954. The van der Waals surface area contributed by atoms with Gasteiger partial charge in [-0.15, -0.1) is 5.10 Å². The van der Waals surface area contributed by atoms with Gasteiger partial charge in [0.05, 0.1) is 17.9 Å². The molecular weight excluding hydrogens is 371 g/mol. The van der Waals surface area contributed by atoms with Gasteiger partial charge in [-0.1, -0.05) is 6.07 Å². The van der Waals surface area contributed by atoms with Crippen molar-refractivity contribution in [1.82, 2.24) is 19.5 Å². The highest BCUT2D eigenvalue weighted by Gasteiger charge is 2.30. The molecule has 1 fully saturated rings. The minimum absolute atomic E-state index is 0.133. The molecule has 1 saturated heterocycles. The molecule has 1 atom stereocenters. The molecule has 1 aromatic carbocycles. The fourth-order valence-electron chi connectivity index (χ4n) is 3.52. The number of likely N-dealkylation sites (tertiary alicyclic amines) is 1. The predicted octanol–water partition coefficient (Wildman–Crippen LogP) is 3.45. The molecule has 0 aliphatic carbocycles. The van der Waals surface area contributed by atoms with Gasteiger partial charge < -0.3 is 10.4 Å². The Hall–Kier alpha value is -2.65. The van der Waals surface area contributed by atoms with E-state index in [-0.39, 0.29) is 12.6 Å². The average molecular weight is 391 g/mol. The van der Waals surface area contributed by atoms with E-state index >= 15 is 0 Å². The number of nitrogens with one attached hydrogen (secondary N) is 1. The second-order valence-electron chi connectivity index (χ2n) is 6.87. The number of hydrogen-bond acceptors (Lipinski definition) is 5. The predicted molar refractivity (Wildman–Crippen MR) is 98.2 cm³/mol. The molecule has 1 aliphatic heterocycles. The van der Waals surface area contributed by atoms with Crippen LogP contribution in [0, 0.1) is 0 Å². The van der Waals surface area contributed by atoms with E-state index in [4.69, 9.17) is 0 Å². The topological polar surface area (TPSA) is 65.7 Å². The van der Waals surface area contributed by atoms with E-state index in [0.29, 0.717) is 23.8 Å². The van der Waals surface area contributed by atoms with Crippen LogP contribution < -0.4 is 5.32 Å². The smallest absolute Gasteiger partial charge is 0.395 e. The summed E-state index contributed by atoms with van der Waals surface area (Å²) in [7, 11) is 0. The Balaban J connectivity index is 1.55. The number of alkyl halides is 3. The SMILES string of the molecule is OCC1CCCN1Cc1cccc2nc(Nc3ccc(C(F)(F)F)cc3)nn12. The number of pyridine rings is 1. The maximum Gasteiger partial charge on any atom is 0.416 e. The van der Waals surface area contributed by atoms with Crippen molar-refractivity contribution in [2.75, 3.05) is 18.5 Å². The second kappa shape index (κ2) is 7.40. The molecule has 9 heteroatoms. The monoisotopic (exact) mass is 391 g/mol. The number of nitrogens with zero attached hydrogens (tertiary/aromatic N) is 4. The molecule has 6 nitrogen and oxygen atoms in total. The summed E-state index contributed by atoms with van der Waals surface area (Å²) in [6.07, 6.45) is -2.33. The van der Waals surface area contributed by atoms with E-state index in [2.05, 4.69) is 20.3 Å². The minimum Gasteiger partial charge on any atom is -0.395 e. The third kappa shape index (κ3) is 3.81. The van der Waals surface area contributed by atoms with E-state index in [1.54, 1.807) is 4.52 Å². The zero-order valence-corrected chi connectivity index (χ0v) is 15.0. The molecular formula is C19H20F3N5O. The van der Waals surface area contributed by atoms with Crippen LogP contribution in [0.2, 0.25) is 0 Å². The first kappa shape index (κ1) is 18.7. The molecule has 4 rings (SSSR count). The molecule has 3 heterocycles. The molecule has 0 bridgehead atoms. The molecule has 2 N–H and O–H groups in total. The van der Waals surface area contributed by atoms with Gasteiger partial charge in [-0.2, -0.15) is 18.2 Å². The van der Waals surface area contributed by atoms with Gasteiger partial charge in [-0.25, -0.2) is 4.52 Å². The number of aliphatic hydroxyl groups excluding tert-OH is 1. The summed E-state index contributed by atoms with van der Waals surface area (Å²) in [5, 5.41) is 16.9. The highest BCUT2D eigenvalue weighted by atomic mass is 19.4. The molecule has 0 saturated carbocycles. The Kier molecular flexibility index (Phi) is 4.94. The van der Waals surface area contributed by atoms with Crippen LogP contribution in [0.5, 0.6) is 0 Å². The van der Waals surface area contributed by atoms with E-state index in [1.165, 1.54) is 12.1 Å². The maximum atomic E-state index is 12.7. The number of anilines is 2. The first-order chi connectivity index (χ1) is 13.4. The number of hydrogen-bond donors (Lipinski definition) is 2. The van der Waals surface area contributed by atoms with Crippen molar-refractivity contribution < 1.29 is 18.3 Å². The fourth-order valence-corrected chi connectivity index (χ4v) is 3.52. The van der Waals surface area contributed by atoms with Crippen molar-refractivity contribution in [3.8, 4) is 0 Å². The molecule has 3 aromatic rings. The number of aromatic nitrogens is 3. The zero-order valence-electron chi connectivity index (χ0n) is 15.0. The van der Waals surface area contributed by atoms with Gasteiger partial charge >= 0.3 is 6.18 Å². The van der Waals surface area contributed by atoms with Crippen molar-refractivity contribution in [2.45, 2.75) is 31.6 Å². The van der Waals surface area contributed by atoms with Gasteiger partial charge in [0.25, 0.3) is 0 Å².